The number of aliphatic hydroxyl groups is 1. The van der Waals surface area contributed by atoms with Gasteiger partial charge in [0.1, 0.15) is 6.61 Å². The molecule has 2 heterocycles. The highest BCUT2D eigenvalue weighted by Crippen LogP contribution is 2.37. The lowest BCUT2D eigenvalue weighted by Crippen LogP contribution is -2.41. The molecule has 0 spiro atoms. The van der Waals surface area contributed by atoms with Gasteiger partial charge in [-0.3, -0.25) is 0 Å². The molecule has 0 saturated carbocycles. The van der Waals surface area contributed by atoms with E-state index >= 15 is 0 Å². The first kappa shape index (κ1) is 14.7. The highest BCUT2D eigenvalue weighted by molar-refractivity contribution is 6.62. The third-order valence-electron chi connectivity index (χ3n) is 4.42. The van der Waals surface area contributed by atoms with Gasteiger partial charge in [-0.05, 0) is 45.3 Å². The van der Waals surface area contributed by atoms with Gasteiger partial charge in [-0.15, -0.1) is 0 Å². The summed E-state index contributed by atoms with van der Waals surface area (Å²) in [6.07, 6.45) is -0.305. The molecule has 1 N–H and O–H groups in total. The second-order valence-electron chi connectivity index (χ2n) is 6.53. The monoisotopic (exact) mass is 292 g/mol. The molecule has 2 aliphatic heterocycles. The predicted molar refractivity (Wildman–Crippen MR) is 79.2 cm³/mol. The van der Waals surface area contributed by atoms with Crippen LogP contribution in [0.25, 0.3) is 0 Å². The fraction of sp³-hybridized carbons (Fsp3) is 0.600. The molecule has 0 aliphatic carbocycles. The van der Waals surface area contributed by atoms with E-state index in [0.717, 1.165) is 5.46 Å². The summed E-state index contributed by atoms with van der Waals surface area (Å²) in [7, 11) is -0.417. The Hall–Kier alpha value is -1.24. The lowest BCUT2D eigenvalue weighted by atomic mass is 9.79. The molecular formula is C15H21BO5. The van der Waals surface area contributed by atoms with Crippen molar-refractivity contribution in [3.05, 3.63) is 18.2 Å². The maximum Gasteiger partial charge on any atom is 0.494 e. The van der Waals surface area contributed by atoms with E-state index in [-0.39, 0.29) is 23.9 Å². The summed E-state index contributed by atoms with van der Waals surface area (Å²) in [6, 6.07) is 5.62. The van der Waals surface area contributed by atoms with Gasteiger partial charge in [-0.1, -0.05) is 6.07 Å². The highest BCUT2D eigenvalue weighted by Gasteiger charge is 2.51. The average Bonchev–Trinajstić information content (AvgIpc) is 2.66. The Labute approximate surface area is 125 Å². The molecule has 21 heavy (non-hydrogen) atoms. The van der Waals surface area contributed by atoms with Crippen molar-refractivity contribution in [1.29, 1.82) is 0 Å². The standard InChI is InChI=1S/C15H21BO5/c1-14(2)15(3,4)21-16(20-14)10-5-6-12-13(7-10)18-9-11(8-17)19-12/h5-7,11,17H,8-9H2,1-4H3. The lowest BCUT2D eigenvalue weighted by molar-refractivity contribution is 0.00578. The second-order valence-corrected chi connectivity index (χ2v) is 6.53. The number of hydrogen-bond donors (Lipinski definition) is 1. The number of hydrogen-bond acceptors (Lipinski definition) is 5. The molecule has 6 heteroatoms. The van der Waals surface area contributed by atoms with E-state index in [0.29, 0.717) is 18.1 Å². The van der Waals surface area contributed by atoms with Gasteiger partial charge in [0.25, 0.3) is 0 Å². The Balaban J connectivity index is 1.83. The van der Waals surface area contributed by atoms with E-state index in [4.69, 9.17) is 23.9 Å². The van der Waals surface area contributed by atoms with E-state index in [1.807, 2.05) is 45.9 Å². The van der Waals surface area contributed by atoms with Crippen molar-refractivity contribution in [2.75, 3.05) is 13.2 Å². The zero-order valence-electron chi connectivity index (χ0n) is 12.9. The van der Waals surface area contributed by atoms with Crippen molar-refractivity contribution in [3.8, 4) is 11.5 Å². The summed E-state index contributed by atoms with van der Waals surface area (Å²) in [4.78, 5) is 0. The number of benzene rings is 1. The molecule has 1 unspecified atom stereocenters. The van der Waals surface area contributed by atoms with Gasteiger partial charge in [-0.2, -0.15) is 0 Å². The minimum Gasteiger partial charge on any atom is -0.486 e. The zero-order valence-corrected chi connectivity index (χ0v) is 12.9. The second kappa shape index (κ2) is 4.90. The summed E-state index contributed by atoms with van der Waals surface area (Å²) in [5, 5.41) is 9.11. The first-order chi connectivity index (χ1) is 9.82. The van der Waals surface area contributed by atoms with E-state index in [1.165, 1.54) is 0 Å². The first-order valence-corrected chi connectivity index (χ1v) is 7.22. The van der Waals surface area contributed by atoms with Gasteiger partial charge in [0, 0.05) is 0 Å². The van der Waals surface area contributed by atoms with Gasteiger partial charge in [0.2, 0.25) is 0 Å². The van der Waals surface area contributed by atoms with Crippen LogP contribution in [0.2, 0.25) is 0 Å². The topological polar surface area (TPSA) is 57.2 Å². The van der Waals surface area contributed by atoms with Crippen molar-refractivity contribution in [2.24, 2.45) is 0 Å². The van der Waals surface area contributed by atoms with Crippen molar-refractivity contribution in [1.82, 2.24) is 0 Å². The van der Waals surface area contributed by atoms with E-state index in [2.05, 4.69) is 0 Å². The van der Waals surface area contributed by atoms with Crippen LogP contribution >= 0.6 is 0 Å². The molecule has 0 radical (unpaired) electrons. The number of aliphatic hydroxyl groups excluding tert-OH is 1. The van der Waals surface area contributed by atoms with Crippen molar-refractivity contribution in [2.45, 2.75) is 45.0 Å². The summed E-state index contributed by atoms with van der Waals surface area (Å²) >= 11 is 0. The number of fused-ring (bicyclic) bond motifs is 1. The fourth-order valence-corrected chi connectivity index (χ4v) is 2.35. The molecule has 0 aromatic heterocycles. The molecular weight excluding hydrogens is 271 g/mol. The lowest BCUT2D eigenvalue weighted by Gasteiger charge is -2.32. The molecule has 1 saturated heterocycles. The minimum atomic E-state index is -0.417. The predicted octanol–water partition coefficient (Wildman–Crippen LogP) is 1.12. The third-order valence-corrected chi connectivity index (χ3v) is 4.42. The Morgan fingerprint density at radius 1 is 1.14 bits per heavy atom. The summed E-state index contributed by atoms with van der Waals surface area (Å²) < 4.78 is 23.3. The molecule has 2 aliphatic rings. The Bertz CT molecular complexity index is 527. The van der Waals surface area contributed by atoms with Crippen molar-refractivity contribution >= 4 is 12.6 Å². The van der Waals surface area contributed by atoms with Crippen molar-refractivity contribution in [3.63, 3.8) is 0 Å². The Morgan fingerprint density at radius 2 is 1.81 bits per heavy atom. The summed E-state index contributed by atoms with van der Waals surface area (Å²) in [6.45, 7) is 8.39. The van der Waals surface area contributed by atoms with Gasteiger partial charge >= 0.3 is 7.12 Å². The van der Waals surface area contributed by atoms with Crippen LogP contribution in [0, 0.1) is 0 Å². The molecule has 114 valence electrons. The molecule has 0 bridgehead atoms. The SMILES string of the molecule is CC1(C)OB(c2ccc3c(c2)OCC(CO)O3)OC1(C)C. The molecule has 3 rings (SSSR count). The Morgan fingerprint density at radius 3 is 2.43 bits per heavy atom. The van der Waals surface area contributed by atoms with Crippen LogP contribution in [0.15, 0.2) is 18.2 Å². The van der Waals surface area contributed by atoms with Crippen LogP contribution in [-0.2, 0) is 9.31 Å². The van der Waals surface area contributed by atoms with Crippen LogP contribution in [0.1, 0.15) is 27.7 Å². The van der Waals surface area contributed by atoms with Crippen molar-refractivity contribution < 1.29 is 23.9 Å². The fourth-order valence-electron chi connectivity index (χ4n) is 2.35. The Kier molecular flexibility index (Phi) is 3.43. The van der Waals surface area contributed by atoms with Gasteiger partial charge < -0.3 is 23.9 Å². The van der Waals surface area contributed by atoms with E-state index < -0.39 is 7.12 Å². The summed E-state index contributed by atoms with van der Waals surface area (Å²) in [5.41, 5.74) is 0.165. The van der Waals surface area contributed by atoms with Crippen LogP contribution in [0.4, 0.5) is 0 Å². The third kappa shape index (κ3) is 2.52. The van der Waals surface area contributed by atoms with Crippen LogP contribution in [-0.4, -0.2) is 42.7 Å². The summed E-state index contributed by atoms with van der Waals surface area (Å²) in [5.74, 6) is 1.30. The smallest absolute Gasteiger partial charge is 0.486 e. The average molecular weight is 292 g/mol. The first-order valence-electron chi connectivity index (χ1n) is 7.22. The maximum atomic E-state index is 9.11. The maximum absolute atomic E-state index is 9.11. The van der Waals surface area contributed by atoms with Crippen LogP contribution < -0.4 is 14.9 Å². The highest BCUT2D eigenvalue weighted by atomic mass is 16.7. The zero-order chi connectivity index (χ0) is 15.3. The van der Waals surface area contributed by atoms with E-state index in [9.17, 15) is 0 Å². The number of ether oxygens (including phenoxy) is 2. The van der Waals surface area contributed by atoms with Gasteiger partial charge in [-0.25, -0.2) is 0 Å². The largest absolute Gasteiger partial charge is 0.494 e. The normalized spacial score (nSPS) is 26.0. The molecule has 0 amide bonds. The minimum absolute atomic E-state index is 0.0571. The van der Waals surface area contributed by atoms with Gasteiger partial charge in [0.05, 0.1) is 17.8 Å². The van der Waals surface area contributed by atoms with Gasteiger partial charge in [0.15, 0.2) is 17.6 Å². The molecule has 1 aromatic rings. The molecule has 1 aromatic carbocycles. The molecule has 1 fully saturated rings. The number of rotatable bonds is 2. The molecule has 5 nitrogen and oxygen atoms in total. The van der Waals surface area contributed by atoms with E-state index in [1.54, 1.807) is 0 Å². The quantitative estimate of drug-likeness (QED) is 0.828. The molecule has 1 atom stereocenters. The van der Waals surface area contributed by atoms with Crippen LogP contribution in [0.5, 0.6) is 11.5 Å². The van der Waals surface area contributed by atoms with Crippen LogP contribution in [0.3, 0.4) is 0 Å².